The van der Waals surface area contributed by atoms with Gasteiger partial charge in [0.25, 0.3) is 0 Å². The molecule has 0 aromatic rings. The number of rotatable bonds is 2. The molecule has 0 aromatic carbocycles. The van der Waals surface area contributed by atoms with E-state index in [1.54, 1.807) is 0 Å². The normalized spacial score (nSPS) is 25.8. The lowest BCUT2D eigenvalue weighted by molar-refractivity contribution is -0.112. The van der Waals surface area contributed by atoms with Crippen molar-refractivity contribution in [1.29, 1.82) is 0 Å². The highest BCUT2D eigenvalue weighted by atomic mass is 16.6. The van der Waals surface area contributed by atoms with E-state index < -0.39 is 11.7 Å². The summed E-state index contributed by atoms with van der Waals surface area (Å²) in [5.41, 5.74) is -0.495. The zero-order chi connectivity index (χ0) is 12.9. The smallest absolute Gasteiger partial charge is 0.407 e. The quantitative estimate of drug-likeness (QED) is 0.597. The third-order valence-electron chi connectivity index (χ3n) is 2.95. The molecule has 0 radical (unpaired) electrons. The van der Waals surface area contributed by atoms with Crippen LogP contribution in [0.5, 0.6) is 0 Å². The van der Waals surface area contributed by atoms with Crippen molar-refractivity contribution in [2.24, 2.45) is 5.92 Å². The van der Waals surface area contributed by atoms with E-state index in [-0.39, 0.29) is 12.0 Å². The number of alkyl carbamates (subject to hydrolysis) is 1. The molecule has 4 nitrogen and oxygen atoms in total. The van der Waals surface area contributed by atoms with Crippen LogP contribution in [0.15, 0.2) is 0 Å². The Morgan fingerprint density at radius 2 is 1.88 bits per heavy atom. The molecule has 0 spiro atoms. The van der Waals surface area contributed by atoms with E-state index in [2.05, 4.69) is 5.32 Å². The Morgan fingerprint density at radius 3 is 2.47 bits per heavy atom. The molecule has 1 aliphatic rings. The van der Waals surface area contributed by atoms with Gasteiger partial charge in [0.2, 0.25) is 0 Å². The summed E-state index contributed by atoms with van der Waals surface area (Å²) >= 11 is 0. The number of ether oxygens (including phenoxy) is 1. The Morgan fingerprint density at radius 1 is 1.24 bits per heavy atom. The molecule has 1 N–H and O–H groups in total. The highest BCUT2D eigenvalue weighted by molar-refractivity contribution is 5.69. The van der Waals surface area contributed by atoms with E-state index in [1.165, 1.54) is 0 Å². The van der Waals surface area contributed by atoms with E-state index in [0.29, 0.717) is 0 Å². The summed E-state index contributed by atoms with van der Waals surface area (Å²) < 4.78 is 5.21. The van der Waals surface area contributed by atoms with Crippen molar-refractivity contribution in [2.75, 3.05) is 0 Å². The minimum Gasteiger partial charge on any atom is -0.444 e. The van der Waals surface area contributed by atoms with Crippen LogP contribution in [0.4, 0.5) is 4.79 Å². The third kappa shape index (κ3) is 5.20. The van der Waals surface area contributed by atoms with Gasteiger partial charge in [-0.05, 0) is 33.6 Å². The average Bonchev–Trinajstić information content (AvgIpc) is 2.39. The minimum absolute atomic E-state index is 0.0648. The van der Waals surface area contributed by atoms with Crippen LogP contribution in [0, 0.1) is 5.92 Å². The van der Waals surface area contributed by atoms with E-state index in [1.807, 2.05) is 20.8 Å². The Balaban J connectivity index is 2.52. The fourth-order valence-electron chi connectivity index (χ4n) is 2.14. The summed E-state index contributed by atoms with van der Waals surface area (Å²) in [6, 6.07) is -0.0650. The van der Waals surface area contributed by atoms with Gasteiger partial charge in [0.05, 0.1) is 0 Å². The molecule has 4 heteroatoms. The second-order valence-corrected chi connectivity index (χ2v) is 5.69. The van der Waals surface area contributed by atoms with Gasteiger partial charge in [0.15, 0.2) is 0 Å². The van der Waals surface area contributed by atoms with Gasteiger partial charge >= 0.3 is 6.09 Å². The Kier molecular flexibility index (Phi) is 4.97. The first kappa shape index (κ1) is 14.0. The van der Waals surface area contributed by atoms with Gasteiger partial charge in [0.1, 0.15) is 11.9 Å². The van der Waals surface area contributed by atoms with Gasteiger partial charge in [-0.1, -0.05) is 19.3 Å². The number of hydrogen-bond acceptors (Lipinski definition) is 3. The van der Waals surface area contributed by atoms with E-state index in [9.17, 15) is 9.59 Å². The van der Waals surface area contributed by atoms with Gasteiger partial charge in [-0.2, -0.15) is 0 Å². The fourth-order valence-corrected chi connectivity index (χ4v) is 2.14. The lowest BCUT2D eigenvalue weighted by atomic mass is 9.96. The Bertz CT molecular complexity index is 270. The number of aldehydes is 1. The number of carbonyl (C=O) groups excluding carboxylic acids is 2. The second-order valence-electron chi connectivity index (χ2n) is 5.69. The molecule has 98 valence electrons. The molecule has 1 fully saturated rings. The maximum atomic E-state index is 11.7. The molecule has 0 heterocycles. The average molecular weight is 241 g/mol. The fraction of sp³-hybridized carbons (Fsp3) is 0.846. The van der Waals surface area contributed by atoms with Gasteiger partial charge < -0.3 is 14.8 Å². The van der Waals surface area contributed by atoms with Crippen molar-refractivity contribution in [3.05, 3.63) is 0 Å². The summed E-state index contributed by atoms with van der Waals surface area (Å²) in [7, 11) is 0. The highest BCUT2D eigenvalue weighted by Gasteiger charge is 2.26. The van der Waals surface area contributed by atoms with Gasteiger partial charge in [-0.15, -0.1) is 0 Å². The molecule has 0 aromatic heterocycles. The zero-order valence-corrected chi connectivity index (χ0v) is 11.0. The number of amides is 1. The van der Waals surface area contributed by atoms with Crippen LogP contribution >= 0.6 is 0 Å². The third-order valence-corrected chi connectivity index (χ3v) is 2.95. The van der Waals surface area contributed by atoms with Crippen LogP contribution in [-0.4, -0.2) is 24.0 Å². The molecule has 1 aliphatic carbocycles. The van der Waals surface area contributed by atoms with Crippen molar-refractivity contribution in [3.63, 3.8) is 0 Å². The second kappa shape index (κ2) is 6.03. The molecule has 0 aliphatic heterocycles. The first-order valence-corrected chi connectivity index (χ1v) is 6.37. The van der Waals surface area contributed by atoms with Crippen molar-refractivity contribution in [2.45, 2.75) is 64.5 Å². The van der Waals surface area contributed by atoms with Crippen LogP contribution in [-0.2, 0) is 9.53 Å². The monoisotopic (exact) mass is 241 g/mol. The number of nitrogens with one attached hydrogen (secondary N) is 1. The van der Waals surface area contributed by atoms with Crippen molar-refractivity contribution in [3.8, 4) is 0 Å². The molecule has 17 heavy (non-hydrogen) atoms. The first-order chi connectivity index (χ1) is 7.92. The van der Waals surface area contributed by atoms with E-state index >= 15 is 0 Å². The molecular formula is C13H23NO3. The molecule has 2 atom stereocenters. The molecule has 0 saturated heterocycles. The molecule has 1 rings (SSSR count). The minimum atomic E-state index is -0.495. The lowest BCUT2D eigenvalue weighted by Crippen LogP contribution is -2.43. The largest absolute Gasteiger partial charge is 0.444 e. The predicted octanol–water partition coefficient (Wildman–Crippen LogP) is 2.66. The molecule has 0 unspecified atom stereocenters. The highest BCUT2D eigenvalue weighted by Crippen LogP contribution is 2.22. The number of hydrogen-bond donors (Lipinski definition) is 1. The SMILES string of the molecule is CC(C)(C)OC(=O)N[C@@H]1CCCCC[C@@H]1C=O. The maximum Gasteiger partial charge on any atom is 0.407 e. The summed E-state index contributed by atoms with van der Waals surface area (Å²) in [6.07, 6.45) is 5.54. The van der Waals surface area contributed by atoms with Gasteiger partial charge in [0, 0.05) is 12.0 Å². The molecule has 1 amide bonds. The lowest BCUT2D eigenvalue weighted by Gasteiger charge is -2.25. The molecular weight excluding hydrogens is 218 g/mol. The van der Waals surface area contributed by atoms with Gasteiger partial charge in [-0.25, -0.2) is 4.79 Å². The molecule has 0 bridgehead atoms. The summed E-state index contributed by atoms with van der Waals surface area (Å²) in [5, 5.41) is 2.82. The molecule has 1 saturated carbocycles. The first-order valence-electron chi connectivity index (χ1n) is 6.37. The van der Waals surface area contributed by atoms with E-state index in [4.69, 9.17) is 4.74 Å². The van der Waals surface area contributed by atoms with Crippen molar-refractivity contribution >= 4 is 12.4 Å². The zero-order valence-electron chi connectivity index (χ0n) is 11.0. The maximum absolute atomic E-state index is 11.7. The number of carbonyl (C=O) groups is 2. The van der Waals surface area contributed by atoms with Crippen LogP contribution in [0.1, 0.15) is 52.9 Å². The predicted molar refractivity (Wildman–Crippen MR) is 65.8 cm³/mol. The summed E-state index contributed by atoms with van der Waals surface area (Å²) in [4.78, 5) is 22.6. The van der Waals surface area contributed by atoms with Crippen LogP contribution in [0.25, 0.3) is 0 Å². The van der Waals surface area contributed by atoms with Crippen LogP contribution < -0.4 is 5.32 Å². The Hall–Kier alpha value is -1.06. The van der Waals surface area contributed by atoms with Crippen LogP contribution in [0.3, 0.4) is 0 Å². The topological polar surface area (TPSA) is 55.4 Å². The summed E-state index contributed by atoms with van der Waals surface area (Å²) in [6.45, 7) is 5.49. The Labute approximate surface area is 103 Å². The van der Waals surface area contributed by atoms with Crippen molar-refractivity contribution in [1.82, 2.24) is 5.32 Å². The van der Waals surface area contributed by atoms with E-state index in [0.717, 1.165) is 38.4 Å². The van der Waals surface area contributed by atoms with Crippen molar-refractivity contribution < 1.29 is 14.3 Å². The summed E-state index contributed by atoms with van der Waals surface area (Å²) in [5.74, 6) is -0.0648. The van der Waals surface area contributed by atoms with Crippen LogP contribution in [0.2, 0.25) is 0 Å². The van der Waals surface area contributed by atoms with Gasteiger partial charge in [-0.3, -0.25) is 0 Å². The standard InChI is InChI=1S/C13H23NO3/c1-13(2,3)17-12(16)14-11-8-6-4-5-7-10(11)9-15/h9-11H,4-8H2,1-3H3,(H,14,16)/t10-,11-/m1/s1.